The molecule has 2 aromatic heterocycles. The number of anilines is 1. The number of hydrogen-bond donors (Lipinski definition) is 1. The van der Waals surface area contributed by atoms with Gasteiger partial charge in [-0.05, 0) is 37.8 Å². The SMILES string of the molecule is Cc1ccc(CNc2ncnc3c2ncn3C2CC2)c(C)c1. The van der Waals surface area contributed by atoms with E-state index in [1.54, 1.807) is 6.33 Å². The third-order valence-corrected chi connectivity index (χ3v) is 4.24. The van der Waals surface area contributed by atoms with Gasteiger partial charge in [-0.15, -0.1) is 0 Å². The van der Waals surface area contributed by atoms with Gasteiger partial charge >= 0.3 is 0 Å². The van der Waals surface area contributed by atoms with E-state index in [1.807, 2.05) is 6.33 Å². The average molecular weight is 293 g/mol. The molecule has 0 atom stereocenters. The van der Waals surface area contributed by atoms with Gasteiger partial charge in [0.15, 0.2) is 11.5 Å². The predicted molar refractivity (Wildman–Crippen MR) is 86.8 cm³/mol. The molecule has 1 saturated carbocycles. The fourth-order valence-corrected chi connectivity index (χ4v) is 2.82. The van der Waals surface area contributed by atoms with Gasteiger partial charge in [-0.1, -0.05) is 23.8 Å². The summed E-state index contributed by atoms with van der Waals surface area (Å²) >= 11 is 0. The van der Waals surface area contributed by atoms with E-state index in [0.717, 1.165) is 23.5 Å². The molecule has 3 aromatic rings. The zero-order valence-corrected chi connectivity index (χ0v) is 12.9. The fraction of sp³-hybridized carbons (Fsp3) is 0.353. The van der Waals surface area contributed by atoms with Gasteiger partial charge < -0.3 is 9.88 Å². The van der Waals surface area contributed by atoms with Crippen molar-refractivity contribution in [2.24, 2.45) is 0 Å². The average Bonchev–Trinajstić information content (AvgIpc) is 3.25. The van der Waals surface area contributed by atoms with E-state index in [2.05, 4.69) is 56.9 Å². The second-order valence-corrected chi connectivity index (χ2v) is 6.06. The molecule has 0 unspecified atom stereocenters. The van der Waals surface area contributed by atoms with E-state index < -0.39 is 0 Å². The Kier molecular flexibility index (Phi) is 3.06. The first kappa shape index (κ1) is 13.2. The summed E-state index contributed by atoms with van der Waals surface area (Å²) in [7, 11) is 0. The Labute approximate surface area is 129 Å². The van der Waals surface area contributed by atoms with Gasteiger partial charge in [-0.3, -0.25) is 0 Å². The van der Waals surface area contributed by atoms with Crippen molar-refractivity contribution >= 4 is 17.0 Å². The summed E-state index contributed by atoms with van der Waals surface area (Å²) in [6.07, 6.45) is 5.95. The van der Waals surface area contributed by atoms with Crippen LogP contribution in [0.2, 0.25) is 0 Å². The van der Waals surface area contributed by atoms with E-state index >= 15 is 0 Å². The maximum Gasteiger partial charge on any atom is 0.165 e. The Balaban J connectivity index is 1.61. The Morgan fingerprint density at radius 1 is 1.18 bits per heavy atom. The number of aryl methyl sites for hydroxylation is 2. The van der Waals surface area contributed by atoms with Crippen LogP contribution in [0.1, 0.15) is 35.6 Å². The molecule has 1 aliphatic carbocycles. The van der Waals surface area contributed by atoms with Crippen LogP contribution in [0.15, 0.2) is 30.9 Å². The van der Waals surface area contributed by atoms with E-state index in [0.29, 0.717) is 6.04 Å². The maximum absolute atomic E-state index is 4.50. The van der Waals surface area contributed by atoms with Crippen molar-refractivity contribution < 1.29 is 0 Å². The molecule has 2 heterocycles. The van der Waals surface area contributed by atoms with Gasteiger partial charge in [0.25, 0.3) is 0 Å². The topological polar surface area (TPSA) is 55.6 Å². The van der Waals surface area contributed by atoms with Crippen molar-refractivity contribution in [1.82, 2.24) is 19.5 Å². The van der Waals surface area contributed by atoms with Crippen LogP contribution < -0.4 is 5.32 Å². The van der Waals surface area contributed by atoms with Gasteiger partial charge in [0.2, 0.25) is 0 Å². The van der Waals surface area contributed by atoms with Crippen LogP contribution in [0.4, 0.5) is 5.82 Å². The fourth-order valence-electron chi connectivity index (χ4n) is 2.82. The summed E-state index contributed by atoms with van der Waals surface area (Å²) in [5.41, 5.74) is 5.65. The van der Waals surface area contributed by atoms with Crippen molar-refractivity contribution in [3.63, 3.8) is 0 Å². The highest BCUT2D eigenvalue weighted by Gasteiger charge is 2.26. The summed E-state index contributed by atoms with van der Waals surface area (Å²) < 4.78 is 2.17. The van der Waals surface area contributed by atoms with E-state index in [9.17, 15) is 0 Å². The predicted octanol–water partition coefficient (Wildman–Crippen LogP) is 3.39. The van der Waals surface area contributed by atoms with E-state index in [1.165, 1.54) is 29.5 Å². The van der Waals surface area contributed by atoms with Gasteiger partial charge in [-0.2, -0.15) is 0 Å². The molecule has 0 amide bonds. The zero-order chi connectivity index (χ0) is 15.1. The largest absolute Gasteiger partial charge is 0.364 e. The number of rotatable bonds is 4. The van der Waals surface area contributed by atoms with E-state index in [-0.39, 0.29) is 0 Å². The summed E-state index contributed by atoms with van der Waals surface area (Å²) in [4.78, 5) is 13.3. The monoisotopic (exact) mass is 293 g/mol. The second-order valence-electron chi connectivity index (χ2n) is 6.06. The molecule has 1 N–H and O–H groups in total. The maximum atomic E-state index is 4.50. The third kappa shape index (κ3) is 2.32. The molecular weight excluding hydrogens is 274 g/mol. The molecule has 112 valence electrons. The van der Waals surface area contributed by atoms with Gasteiger partial charge in [0.1, 0.15) is 11.8 Å². The molecule has 0 aliphatic heterocycles. The molecule has 0 radical (unpaired) electrons. The third-order valence-electron chi connectivity index (χ3n) is 4.24. The molecule has 0 spiro atoms. The van der Waals surface area contributed by atoms with Gasteiger partial charge in [-0.25, -0.2) is 15.0 Å². The Morgan fingerprint density at radius 3 is 2.82 bits per heavy atom. The zero-order valence-electron chi connectivity index (χ0n) is 12.9. The lowest BCUT2D eigenvalue weighted by molar-refractivity contribution is 0.756. The first-order valence-electron chi connectivity index (χ1n) is 7.70. The van der Waals surface area contributed by atoms with E-state index in [4.69, 9.17) is 0 Å². The van der Waals surface area contributed by atoms with Crippen molar-refractivity contribution in [3.05, 3.63) is 47.5 Å². The lowest BCUT2D eigenvalue weighted by Gasteiger charge is -2.09. The number of fused-ring (bicyclic) bond motifs is 1. The molecule has 1 aromatic carbocycles. The van der Waals surface area contributed by atoms with Crippen LogP contribution in [0, 0.1) is 13.8 Å². The number of imidazole rings is 1. The van der Waals surface area contributed by atoms with Crippen molar-refractivity contribution in [1.29, 1.82) is 0 Å². The summed E-state index contributed by atoms with van der Waals surface area (Å²) in [6, 6.07) is 7.08. The molecule has 1 fully saturated rings. The van der Waals surface area contributed by atoms with Crippen LogP contribution in [0.25, 0.3) is 11.2 Å². The standard InChI is InChI=1S/C17H19N5/c1-11-3-4-13(12(2)7-11)8-18-16-15-17(20-9-19-16)22(10-21-15)14-5-6-14/h3-4,7,9-10,14H,5-6,8H2,1-2H3,(H,18,19,20). The molecule has 22 heavy (non-hydrogen) atoms. The van der Waals surface area contributed by atoms with Crippen LogP contribution >= 0.6 is 0 Å². The Morgan fingerprint density at radius 2 is 2.05 bits per heavy atom. The van der Waals surface area contributed by atoms with Gasteiger partial charge in [0.05, 0.1) is 6.33 Å². The summed E-state index contributed by atoms with van der Waals surface area (Å²) in [6.45, 7) is 5.00. The molecule has 0 bridgehead atoms. The van der Waals surface area contributed by atoms with Crippen LogP contribution in [0.3, 0.4) is 0 Å². The number of aromatic nitrogens is 4. The van der Waals surface area contributed by atoms with Crippen LogP contribution in [0.5, 0.6) is 0 Å². The summed E-state index contributed by atoms with van der Waals surface area (Å²) in [5, 5.41) is 3.41. The minimum Gasteiger partial charge on any atom is -0.364 e. The number of hydrogen-bond acceptors (Lipinski definition) is 4. The normalized spacial score (nSPS) is 14.5. The molecular formula is C17H19N5. The lowest BCUT2D eigenvalue weighted by atomic mass is 10.1. The Bertz CT molecular complexity index is 832. The minimum atomic E-state index is 0.576. The molecule has 5 nitrogen and oxygen atoms in total. The second kappa shape index (κ2) is 5.09. The smallest absolute Gasteiger partial charge is 0.165 e. The highest BCUT2D eigenvalue weighted by Crippen LogP contribution is 2.37. The molecule has 1 aliphatic rings. The lowest BCUT2D eigenvalue weighted by Crippen LogP contribution is -2.04. The number of nitrogens with one attached hydrogen (secondary N) is 1. The number of nitrogens with zero attached hydrogens (tertiary/aromatic N) is 4. The first-order chi connectivity index (χ1) is 10.7. The van der Waals surface area contributed by atoms with Gasteiger partial charge in [0, 0.05) is 12.6 Å². The van der Waals surface area contributed by atoms with Crippen molar-refractivity contribution in [2.75, 3.05) is 5.32 Å². The first-order valence-corrected chi connectivity index (χ1v) is 7.70. The molecule has 0 saturated heterocycles. The number of benzene rings is 1. The quantitative estimate of drug-likeness (QED) is 0.801. The molecule has 5 heteroatoms. The van der Waals surface area contributed by atoms with Crippen LogP contribution in [-0.2, 0) is 6.54 Å². The Hall–Kier alpha value is -2.43. The molecule has 4 rings (SSSR count). The van der Waals surface area contributed by atoms with Crippen molar-refractivity contribution in [2.45, 2.75) is 39.3 Å². The highest BCUT2D eigenvalue weighted by molar-refractivity contribution is 5.82. The highest BCUT2D eigenvalue weighted by atomic mass is 15.2. The van der Waals surface area contributed by atoms with Crippen molar-refractivity contribution in [3.8, 4) is 0 Å². The summed E-state index contributed by atoms with van der Waals surface area (Å²) in [5.74, 6) is 0.810. The minimum absolute atomic E-state index is 0.576. The van der Waals surface area contributed by atoms with Crippen LogP contribution in [-0.4, -0.2) is 19.5 Å².